The van der Waals surface area contributed by atoms with Crippen LogP contribution in [0.1, 0.15) is 19.7 Å². The second kappa shape index (κ2) is 6.31. The minimum absolute atomic E-state index is 0.0241. The van der Waals surface area contributed by atoms with Gasteiger partial charge < -0.3 is 9.67 Å². The molecule has 2 aromatic rings. The van der Waals surface area contributed by atoms with Gasteiger partial charge in [-0.1, -0.05) is 29.8 Å². The highest BCUT2D eigenvalue weighted by Crippen LogP contribution is 2.28. The van der Waals surface area contributed by atoms with E-state index in [-0.39, 0.29) is 12.3 Å². The molecule has 8 heteroatoms. The van der Waals surface area contributed by atoms with E-state index in [0.717, 1.165) is 0 Å². The maximum atomic E-state index is 11.0. The second-order valence-electron chi connectivity index (χ2n) is 5.06. The summed E-state index contributed by atoms with van der Waals surface area (Å²) in [5.41, 5.74) is 0.563. The van der Waals surface area contributed by atoms with Gasteiger partial charge in [0.2, 0.25) is 0 Å². The summed E-state index contributed by atoms with van der Waals surface area (Å²) in [7, 11) is 0. The zero-order valence-electron chi connectivity index (χ0n) is 11.7. The molecule has 0 aliphatic rings. The minimum Gasteiger partial charge on any atom is -0.388 e. The lowest BCUT2D eigenvalue weighted by atomic mass is 10.1. The van der Waals surface area contributed by atoms with E-state index in [4.69, 9.17) is 0 Å². The van der Waals surface area contributed by atoms with Gasteiger partial charge in [-0.3, -0.25) is 10.1 Å². The molecule has 0 atom stereocenters. The fourth-order valence-corrected chi connectivity index (χ4v) is 2.51. The Kier molecular flexibility index (Phi) is 4.69. The number of aliphatic hydroxyl groups is 1. The summed E-state index contributed by atoms with van der Waals surface area (Å²) in [5, 5.41) is 28.3. The van der Waals surface area contributed by atoms with Crippen molar-refractivity contribution in [1.82, 2.24) is 14.8 Å². The maximum absolute atomic E-state index is 11.0. The lowest BCUT2D eigenvalue weighted by Crippen LogP contribution is -2.10. The van der Waals surface area contributed by atoms with Gasteiger partial charge in [-0.25, -0.2) is 0 Å². The molecule has 112 valence electrons. The van der Waals surface area contributed by atoms with E-state index in [2.05, 4.69) is 26.1 Å². The molecule has 1 heterocycles. The first kappa shape index (κ1) is 15.6. The van der Waals surface area contributed by atoms with Gasteiger partial charge in [-0.2, -0.15) is 0 Å². The Bertz CT molecular complexity index is 669. The van der Waals surface area contributed by atoms with Crippen molar-refractivity contribution in [2.75, 3.05) is 0 Å². The lowest BCUT2D eigenvalue weighted by molar-refractivity contribution is -0.384. The van der Waals surface area contributed by atoms with Gasteiger partial charge in [-0.05, 0) is 12.0 Å². The average Bonchev–Trinajstić information content (AvgIpc) is 2.80. The molecule has 1 aromatic heterocycles. The van der Waals surface area contributed by atoms with E-state index in [0.29, 0.717) is 34.1 Å². The molecule has 0 amide bonds. The normalized spacial score (nSPS) is 11.1. The Morgan fingerprint density at radius 2 is 2.10 bits per heavy atom. The number of hydrogen-bond acceptors (Lipinski definition) is 5. The predicted octanol–water partition coefficient (Wildman–Crippen LogP) is 2.76. The Morgan fingerprint density at radius 1 is 1.38 bits per heavy atom. The molecule has 0 aliphatic carbocycles. The first-order valence-electron chi connectivity index (χ1n) is 6.40. The Balaban J connectivity index is 2.56. The highest BCUT2D eigenvalue weighted by atomic mass is 79.9. The van der Waals surface area contributed by atoms with Crippen molar-refractivity contribution in [1.29, 1.82) is 0 Å². The van der Waals surface area contributed by atoms with Gasteiger partial charge in [0.25, 0.3) is 5.69 Å². The monoisotopic (exact) mass is 354 g/mol. The van der Waals surface area contributed by atoms with Crippen LogP contribution in [0.15, 0.2) is 22.7 Å². The van der Waals surface area contributed by atoms with Crippen LogP contribution in [-0.4, -0.2) is 24.8 Å². The smallest absolute Gasteiger partial charge is 0.271 e. The van der Waals surface area contributed by atoms with Crippen molar-refractivity contribution >= 4 is 21.6 Å². The molecule has 0 saturated carbocycles. The fourth-order valence-electron chi connectivity index (χ4n) is 2.03. The number of rotatable bonds is 5. The van der Waals surface area contributed by atoms with Gasteiger partial charge >= 0.3 is 0 Å². The van der Waals surface area contributed by atoms with Gasteiger partial charge in [-0.15, -0.1) is 10.2 Å². The van der Waals surface area contributed by atoms with Gasteiger partial charge in [0.15, 0.2) is 11.6 Å². The molecular formula is C13H15BrN4O3. The minimum atomic E-state index is -0.454. The summed E-state index contributed by atoms with van der Waals surface area (Å²) in [6.45, 7) is 4.47. The molecule has 0 fully saturated rings. The molecular weight excluding hydrogens is 340 g/mol. The van der Waals surface area contributed by atoms with Crippen LogP contribution in [0.25, 0.3) is 11.4 Å². The molecule has 1 aromatic carbocycles. The lowest BCUT2D eigenvalue weighted by Gasteiger charge is -2.12. The number of aliphatic hydroxyl groups excluding tert-OH is 1. The Morgan fingerprint density at radius 3 is 2.67 bits per heavy atom. The van der Waals surface area contributed by atoms with Gasteiger partial charge in [0.05, 0.1) is 4.92 Å². The van der Waals surface area contributed by atoms with E-state index in [1.165, 1.54) is 12.1 Å². The molecule has 21 heavy (non-hydrogen) atoms. The number of nitrogens with zero attached hydrogens (tertiary/aromatic N) is 4. The first-order chi connectivity index (χ1) is 9.92. The zero-order valence-corrected chi connectivity index (χ0v) is 13.2. The molecule has 0 saturated heterocycles. The van der Waals surface area contributed by atoms with E-state index >= 15 is 0 Å². The highest BCUT2D eigenvalue weighted by Gasteiger charge is 2.17. The van der Waals surface area contributed by atoms with Crippen molar-refractivity contribution in [2.24, 2.45) is 5.92 Å². The molecule has 0 bridgehead atoms. The zero-order chi connectivity index (χ0) is 15.6. The third-order valence-corrected chi connectivity index (χ3v) is 3.33. The Labute approximate surface area is 129 Å². The number of hydrogen-bond donors (Lipinski definition) is 1. The molecule has 2 rings (SSSR count). The molecule has 0 spiro atoms. The molecule has 0 aliphatic heterocycles. The summed E-state index contributed by atoms with van der Waals surface area (Å²) in [5.74, 6) is 1.28. The SMILES string of the molecule is CC(C)Cn1c(CO)nnc1-c1cc(Br)cc([N+](=O)[O-])c1. The molecule has 7 nitrogen and oxygen atoms in total. The van der Waals surface area contributed by atoms with E-state index in [1.807, 2.05) is 13.8 Å². The molecule has 0 unspecified atom stereocenters. The van der Waals surface area contributed by atoms with Gasteiger partial charge in [0, 0.05) is 28.7 Å². The van der Waals surface area contributed by atoms with E-state index in [1.54, 1.807) is 10.6 Å². The average molecular weight is 355 g/mol. The highest BCUT2D eigenvalue weighted by molar-refractivity contribution is 9.10. The van der Waals surface area contributed by atoms with Crippen molar-refractivity contribution < 1.29 is 10.0 Å². The van der Waals surface area contributed by atoms with Crippen LogP contribution in [0.2, 0.25) is 0 Å². The van der Waals surface area contributed by atoms with E-state index in [9.17, 15) is 15.2 Å². The van der Waals surface area contributed by atoms with Crippen molar-refractivity contribution in [3.63, 3.8) is 0 Å². The fraction of sp³-hybridized carbons (Fsp3) is 0.385. The standard InChI is InChI=1S/C13H15BrN4O3/c1-8(2)6-17-12(7-19)15-16-13(17)9-3-10(14)5-11(4-9)18(20)21/h3-5,8,19H,6-7H2,1-2H3. The third kappa shape index (κ3) is 3.45. The predicted molar refractivity (Wildman–Crippen MR) is 80.6 cm³/mol. The van der Waals surface area contributed by atoms with Crippen LogP contribution in [0.4, 0.5) is 5.69 Å². The first-order valence-corrected chi connectivity index (χ1v) is 7.20. The van der Waals surface area contributed by atoms with Crippen molar-refractivity contribution in [2.45, 2.75) is 27.0 Å². The third-order valence-electron chi connectivity index (χ3n) is 2.87. The maximum Gasteiger partial charge on any atom is 0.271 e. The quantitative estimate of drug-likeness (QED) is 0.657. The Hall–Kier alpha value is -1.80. The second-order valence-corrected chi connectivity index (χ2v) is 5.97. The van der Waals surface area contributed by atoms with Crippen molar-refractivity contribution in [3.8, 4) is 11.4 Å². The number of nitro groups is 1. The number of nitro benzene ring substituents is 1. The van der Waals surface area contributed by atoms with Crippen LogP contribution >= 0.6 is 15.9 Å². The summed E-state index contributed by atoms with van der Waals surface area (Å²) >= 11 is 3.27. The number of benzene rings is 1. The molecule has 0 radical (unpaired) electrons. The van der Waals surface area contributed by atoms with Crippen LogP contribution in [0.3, 0.4) is 0 Å². The topological polar surface area (TPSA) is 94.1 Å². The van der Waals surface area contributed by atoms with Gasteiger partial charge in [0.1, 0.15) is 6.61 Å². The van der Waals surface area contributed by atoms with Crippen LogP contribution < -0.4 is 0 Å². The van der Waals surface area contributed by atoms with Crippen LogP contribution in [0.5, 0.6) is 0 Å². The summed E-state index contributed by atoms with van der Waals surface area (Å²) in [4.78, 5) is 10.5. The van der Waals surface area contributed by atoms with Crippen molar-refractivity contribution in [3.05, 3.63) is 38.6 Å². The number of halogens is 1. The van der Waals surface area contributed by atoms with Crippen LogP contribution in [-0.2, 0) is 13.2 Å². The summed E-state index contributed by atoms with van der Waals surface area (Å²) in [6.07, 6.45) is 0. The molecule has 1 N–H and O–H groups in total. The summed E-state index contributed by atoms with van der Waals surface area (Å²) < 4.78 is 2.38. The largest absolute Gasteiger partial charge is 0.388 e. The van der Waals surface area contributed by atoms with E-state index < -0.39 is 4.92 Å². The summed E-state index contributed by atoms with van der Waals surface area (Å²) in [6, 6.07) is 4.63. The number of non-ortho nitro benzene ring substituents is 1. The number of aromatic nitrogens is 3. The van der Waals surface area contributed by atoms with Crippen LogP contribution in [0, 0.1) is 16.0 Å².